The van der Waals surface area contributed by atoms with Gasteiger partial charge in [-0.1, -0.05) is 42.5 Å². The second-order valence-electron chi connectivity index (χ2n) is 4.41. The zero-order chi connectivity index (χ0) is 12.5. The molecule has 0 spiro atoms. The fourth-order valence-corrected chi connectivity index (χ4v) is 2.31. The molecule has 0 unspecified atom stereocenters. The maximum absolute atomic E-state index is 10.7. The molecular weight excluding hydrogens is 222 g/mol. The minimum atomic E-state index is 0.707. The smallest absolute Gasteiger partial charge is 0.150 e. The van der Waals surface area contributed by atoms with Crippen LogP contribution in [0.4, 0.5) is 0 Å². The van der Waals surface area contributed by atoms with Crippen LogP contribution in [0.3, 0.4) is 0 Å². The van der Waals surface area contributed by atoms with E-state index in [1.54, 1.807) is 0 Å². The van der Waals surface area contributed by atoms with Gasteiger partial charge >= 0.3 is 0 Å². The van der Waals surface area contributed by atoms with Crippen LogP contribution in [0.25, 0.3) is 22.0 Å². The first-order valence-electron chi connectivity index (χ1n) is 5.89. The summed E-state index contributed by atoms with van der Waals surface area (Å²) in [6.07, 6.45) is 2.99. The molecule has 0 saturated carbocycles. The first-order valence-corrected chi connectivity index (χ1v) is 5.89. The normalized spacial score (nSPS) is 10.7. The summed E-state index contributed by atoms with van der Waals surface area (Å²) in [5, 5.41) is 1.24. The monoisotopic (exact) mass is 235 g/mol. The van der Waals surface area contributed by atoms with E-state index in [0.29, 0.717) is 5.56 Å². The van der Waals surface area contributed by atoms with Gasteiger partial charge in [-0.25, -0.2) is 0 Å². The van der Waals surface area contributed by atoms with Crippen LogP contribution in [0, 0.1) is 0 Å². The van der Waals surface area contributed by atoms with Crippen molar-refractivity contribution in [1.82, 2.24) is 4.57 Å². The summed E-state index contributed by atoms with van der Waals surface area (Å²) in [6.45, 7) is 0. The van der Waals surface area contributed by atoms with Crippen molar-refractivity contribution in [2.24, 2.45) is 7.05 Å². The average Bonchev–Trinajstić information content (AvgIpc) is 2.77. The van der Waals surface area contributed by atoms with Gasteiger partial charge in [-0.3, -0.25) is 4.79 Å². The SMILES string of the molecule is Cn1cc(-c2ccc(C=O)cc2)c2ccccc21. The number of carbonyl (C=O) groups is 1. The number of hydrogen-bond donors (Lipinski definition) is 0. The van der Waals surface area contributed by atoms with Crippen molar-refractivity contribution in [3.8, 4) is 11.1 Å². The summed E-state index contributed by atoms with van der Waals surface area (Å²) in [5.41, 5.74) is 4.26. The van der Waals surface area contributed by atoms with Crippen molar-refractivity contribution in [3.63, 3.8) is 0 Å². The maximum Gasteiger partial charge on any atom is 0.150 e. The number of carbonyl (C=O) groups excluding carboxylic acids is 1. The summed E-state index contributed by atoms with van der Waals surface area (Å²) in [7, 11) is 2.05. The topological polar surface area (TPSA) is 22.0 Å². The van der Waals surface area contributed by atoms with E-state index in [-0.39, 0.29) is 0 Å². The van der Waals surface area contributed by atoms with Gasteiger partial charge in [-0.05, 0) is 11.6 Å². The van der Waals surface area contributed by atoms with E-state index in [1.165, 1.54) is 16.5 Å². The van der Waals surface area contributed by atoms with Crippen molar-refractivity contribution in [1.29, 1.82) is 0 Å². The van der Waals surface area contributed by atoms with Crippen LogP contribution < -0.4 is 0 Å². The number of fused-ring (bicyclic) bond motifs is 1. The Morgan fingerprint density at radius 2 is 1.72 bits per heavy atom. The van der Waals surface area contributed by atoms with Crippen LogP contribution in [0.2, 0.25) is 0 Å². The summed E-state index contributed by atoms with van der Waals surface area (Å²) in [4.78, 5) is 10.7. The van der Waals surface area contributed by atoms with Gasteiger partial charge in [0.15, 0.2) is 0 Å². The second kappa shape index (κ2) is 4.15. The highest BCUT2D eigenvalue weighted by Crippen LogP contribution is 2.29. The summed E-state index contributed by atoms with van der Waals surface area (Å²) in [5.74, 6) is 0. The molecule has 0 fully saturated rings. The van der Waals surface area contributed by atoms with Crippen molar-refractivity contribution in [2.45, 2.75) is 0 Å². The van der Waals surface area contributed by atoms with Gasteiger partial charge in [0.1, 0.15) is 6.29 Å². The van der Waals surface area contributed by atoms with Gasteiger partial charge < -0.3 is 4.57 Å². The Labute approximate surface area is 105 Å². The zero-order valence-electron chi connectivity index (χ0n) is 10.1. The molecule has 0 aliphatic rings. The third-order valence-corrected chi connectivity index (χ3v) is 3.25. The zero-order valence-corrected chi connectivity index (χ0v) is 10.1. The number of nitrogens with zero attached hydrogens (tertiary/aromatic N) is 1. The Morgan fingerprint density at radius 1 is 1.00 bits per heavy atom. The minimum absolute atomic E-state index is 0.707. The van der Waals surface area contributed by atoms with E-state index >= 15 is 0 Å². The lowest BCUT2D eigenvalue weighted by atomic mass is 10.0. The first-order chi connectivity index (χ1) is 8.79. The Balaban J connectivity index is 2.21. The molecule has 0 saturated heterocycles. The van der Waals surface area contributed by atoms with Crippen molar-refractivity contribution in [3.05, 3.63) is 60.3 Å². The largest absolute Gasteiger partial charge is 0.350 e. The molecule has 2 nitrogen and oxygen atoms in total. The molecule has 3 aromatic rings. The number of aldehydes is 1. The van der Waals surface area contributed by atoms with Crippen molar-refractivity contribution < 1.29 is 4.79 Å². The van der Waals surface area contributed by atoms with Crippen molar-refractivity contribution >= 4 is 17.2 Å². The Bertz CT molecular complexity index is 708. The predicted molar refractivity (Wildman–Crippen MR) is 73.7 cm³/mol. The molecule has 0 N–H and O–H groups in total. The van der Waals surface area contributed by atoms with Gasteiger partial charge in [0.25, 0.3) is 0 Å². The minimum Gasteiger partial charge on any atom is -0.350 e. The Hall–Kier alpha value is -2.35. The van der Waals surface area contributed by atoms with E-state index in [9.17, 15) is 4.79 Å². The number of benzene rings is 2. The molecular formula is C16H13NO. The van der Waals surface area contributed by atoms with Crippen LogP contribution in [0.5, 0.6) is 0 Å². The first kappa shape index (κ1) is 10.8. The quantitative estimate of drug-likeness (QED) is 0.621. The van der Waals surface area contributed by atoms with Crippen LogP contribution in [0.15, 0.2) is 54.7 Å². The lowest BCUT2D eigenvalue weighted by molar-refractivity contribution is 0.112. The second-order valence-corrected chi connectivity index (χ2v) is 4.41. The highest BCUT2D eigenvalue weighted by Gasteiger charge is 2.07. The molecule has 18 heavy (non-hydrogen) atoms. The van der Waals surface area contributed by atoms with E-state index in [2.05, 4.69) is 22.9 Å². The third-order valence-electron chi connectivity index (χ3n) is 3.25. The molecule has 0 bridgehead atoms. The third kappa shape index (κ3) is 1.63. The van der Waals surface area contributed by atoms with Crippen molar-refractivity contribution in [2.75, 3.05) is 0 Å². The van der Waals surface area contributed by atoms with Crippen LogP contribution in [-0.4, -0.2) is 10.9 Å². The molecule has 0 amide bonds. The molecule has 0 aliphatic carbocycles. The fourth-order valence-electron chi connectivity index (χ4n) is 2.31. The van der Waals surface area contributed by atoms with E-state index in [1.807, 2.05) is 43.4 Å². The van der Waals surface area contributed by atoms with Gasteiger partial charge in [0.05, 0.1) is 0 Å². The molecule has 1 aromatic heterocycles. The highest BCUT2D eigenvalue weighted by atomic mass is 16.1. The number of para-hydroxylation sites is 1. The summed E-state index contributed by atoms with van der Waals surface area (Å²) in [6, 6.07) is 16.0. The molecule has 3 rings (SSSR count). The average molecular weight is 235 g/mol. The maximum atomic E-state index is 10.7. The van der Waals surface area contributed by atoms with Crippen LogP contribution >= 0.6 is 0 Å². The van der Waals surface area contributed by atoms with Crippen LogP contribution in [0.1, 0.15) is 10.4 Å². The molecule has 2 aromatic carbocycles. The molecule has 0 radical (unpaired) electrons. The molecule has 0 aliphatic heterocycles. The summed E-state index contributed by atoms with van der Waals surface area (Å²) < 4.78 is 2.12. The standard InChI is InChI=1S/C16H13NO/c1-17-10-15(14-4-2-3-5-16(14)17)13-8-6-12(11-18)7-9-13/h2-11H,1H3. The fraction of sp³-hybridized carbons (Fsp3) is 0.0625. The Morgan fingerprint density at radius 3 is 2.44 bits per heavy atom. The highest BCUT2D eigenvalue weighted by molar-refractivity contribution is 5.96. The van der Waals surface area contributed by atoms with Gasteiger partial charge in [0, 0.05) is 35.3 Å². The molecule has 2 heteroatoms. The number of aromatic nitrogens is 1. The van der Waals surface area contributed by atoms with Crippen LogP contribution in [-0.2, 0) is 7.05 Å². The number of aryl methyl sites for hydroxylation is 1. The van der Waals surface area contributed by atoms with Gasteiger partial charge in [-0.15, -0.1) is 0 Å². The number of hydrogen-bond acceptors (Lipinski definition) is 1. The van der Waals surface area contributed by atoms with E-state index in [4.69, 9.17) is 0 Å². The molecule has 88 valence electrons. The van der Waals surface area contributed by atoms with Gasteiger partial charge in [-0.2, -0.15) is 0 Å². The number of rotatable bonds is 2. The summed E-state index contributed by atoms with van der Waals surface area (Å²) >= 11 is 0. The van der Waals surface area contributed by atoms with E-state index < -0.39 is 0 Å². The molecule has 1 heterocycles. The lowest BCUT2D eigenvalue weighted by Crippen LogP contribution is -1.82. The Kier molecular flexibility index (Phi) is 2.49. The van der Waals surface area contributed by atoms with E-state index in [0.717, 1.165) is 11.8 Å². The molecule has 0 atom stereocenters. The lowest BCUT2D eigenvalue weighted by Gasteiger charge is -1.99. The van der Waals surface area contributed by atoms with Gasteiger partial charge in [0.2, 0.25) is 0 Å². The predicted octanol–water partition coefficient (Wildman–Crippen LogP) is 3.66.